The van der Waals surface area contributed by atoms with Gasteiger partial charge in [-0.25, -0.2) is 9.97 Å². The Morgan fingerprint density at radius 1 is 0.680 bits per heavy atom. The van der Waals surface area contributed by atoms with Gasteiger partial charge in [0.25, 0.3) is 0 Å². The summed E-state index contributed by atoms with van der Waals surface area (Å²) in [4.78, 5) is 12.8. The van der Waals surface area contributed by atoms with Crippen LogP contribution in [0.3, 0.4) is 0 Å². The van der Waals surface area contributed by atoms with Gasteiger partial charge in [-0.1, -0.05) is 131 Å². The second-order valence-electron chi connectivity index (χ2n) is 12.7. The van der Waals surface area contributed by atoms with Crippen LogP contribution >= 0.6 is 15.9 Å². The number of anilines is 2. The van der Waals surface area contributed by atoms with Crippen LogP contribution in [-0.4, -0.2) is 20.6 Å². The van der Waals surface area contributed by atoms with Gasteiger partial charge in [0.15, 0.2) is 5.82 Å². The summed E-state index contributed by atoms with van der Waals surface area (Å²) in [7, 11) is 0. The van der Waals surface area contributed by atoms with Crippen LogP contribution < -0.4 is 4.90 Å². The fraction of sp³-hybridized carbons (Fsp3) is 0.0667. The van der Waals surface area contributed by atoms with Crippen molar-refractivity contribution in [2.45, 2.75) is 19.4 Å². The van der Waals surface area contributed by atoms with Gasteiger partial charge < -0.3 is 4.90 Å². The number of hydrogen-bond donors (Lipinski definition) is 0. The van der Waals surface area contributed by atoms with Crippen LogP contribution in [0.2, 0.25) is 0 Å². The SMILES string of the molecule is Cc1c(N(c2ccc(Br)cc2)C2C=CC=CC2)ccc2ccc3c(c4ccccc4n3-c3cc(-c4ccccc4)nc(-c4ccccc4)n3)c12. The lowest BCUT2D eigenvalue weighted by atomic mass is 9.96. The summed E-state index contributed by atoms with van der Waals surface area (Å²) in [5.74, 6) is 1.54. The Labute approximate surface area is 299 Å². The molecule has 0 amide bonds. The molecule has 2 aromatic heterocycles. The van der Waals surface area contributed by atoms with E-state index >= 15 is 0 Å². The van der Waals surface area contributed by atoms with Crippen molar-refractivity contribution in [3.63, 3.8) is 0 Å². The van der Waals surface area contributed by atoms with E-state index in [0.717, 1.165) is 50.3 Å². The molecular formula is C45H33BrN4. The zero-order valence-corrected chi connectivity index (χ0v) is 29.1. The third kappa shape index (κ3) is 5.22. The second kappa shape index (κ2) is 12.6. The number of hydrogen-bond acceptors (Lipinski definition) is 3. The van der Waals surface area contributed by atoms with Crippen molar-refractivity contribution in [1.82, 2.24) is 14.5 Å². The van der Waals surface area contributed by atoms with E-state index in [4.69, 9.17) is 9.97 Å². The number of para-hydroxylation sites is 1. The number of benzene rings is 6. The quantitative estimate of drug-likeness (QED) is 0.172. The molecule has 0 bridgehead atoms. The smallest absolute Gasteiger partial charge is 0.162 e. The molecule has 1 atom stereocenters. The largest absolute Gasteiger partial charge is 0.334 e. The first-order valence-corrected chi connectivity index (χ1v) is 17.8. The molecular weight excluding hydrogens is 676 g/mol. The minimum atomic E-state index is 0.201. The molecule has 1 unspecified atom stereocenters. The van der Waals surface area contributed by atoms with Crippen LogP contribution in [0.4, 0.5) is 11.4 Å². The minimum Gasteiger partial charge on any atom is -0.334 e. The van der Waals surface area contributed by atoms with Crippen LogP contribution in [-0.2, 0) is 0 Å². The molecule has 0 saturated heterocycles. The summed E-state index contributed by atoms with van der Waals surface area (Å²) < 4.78 is 3.39. The Bertz CT molecular complexity index is 2530. The molecule has 0 spiro atoms. The van der Waals surface area contributed by atoms with Gasteiger partial charge in [-0.2, -0.15) is 0 Å². The van der Waals surface area contributed by atoms with Gasteiger partial charge in [0.2, 0.25) is 0 Å². The first kappa shape index (κ1) is 30.3. The first-order chi connectivity index (χ1) is 24.6. The molecule has 0 fully saturated rings. The van der Waals surface area contributed by atoms with E-state index in [1.807, 2.05) is 24.3 Å². The predicted octanol–water partition coefficient (Wildman–Crippen LogP) is 12.2. The molecule has 1 aliphatic carbocycles. The predicted molar refractivity (Wildman–Crippen MR) is 212 cm³/mol. The van der Waals surface area contributed by atoms with E-state index in [-0.39, 0.29) is 6.04 Å². The summed E-state index contributed by atoms with van der Waals surface area (Å²) in [6.07, 6.45) is 9.81. The van der Waals surface area contributed by atoms with Crippen molar-refractivity contribution in [1.29, 1.82) is 0 Å². The van der Waals surface area contributed by atoms with Crippen molar-refractivity contribution in [2.24, 2.45) is 0 Å². The van der Waals surface area contributed by atoms with Gasteiger partial charge in [0, 0.05) is 43.8 Å². The number of halogens is 1. The summed E-state index contributed by atoms with van der Waals surface area (Å²) in [6, 6.07) is 49.4. The number of rotatable bonds is 6. The second-order valence-corrected chi connectivity index (χ2v) is 13.7. The van der Waals surface area contributed by atoms with Gasteiger partial charge in [0.1, 0.15) is 5.82 Å². The highest BCUT2D eigenvalue weighted by atomic mass is 79.9. The molecule has 1 aliphatic rings. The third-order valence-electron chi connectivity index (χ3n) is 9.75. The van der Waals surface area contributed by atoms with Gasteiger partial charge in [0.05, 0.1) is 22.8 Å². The van der Waals surface area contributed by atoms with Crippen molar-refractivity contribution in [2.75, 3.05) is 4.90 Å². The molecule has 0 aliphatic heterocycles. The van der Waals surface area contributed by atoms with Crippen molar-refractivity contribution in [3.8, 4) is 28.5 Å². The molecule has 6 aromatic carbocycles. The lowest BCUT2D eigenvalue weighted by Gasteiger charge is -2.34. The molecule has 4 nitrogen and oxygen atoms in total. The molecule has 0 N–H and O–H groups in total. The van der Waals surface area contributed by atoms with Gasteiger partial charge in [-0.05, 0) is 72.1 Å². The zero-order valence-electron chi connectivity index (χ0n) is 27.5. The van der Waals surface area contributed by atoms with E-state index < -0.39 is 0 Å². The topological polar surface area (TPSA) is 34.0 Å². The Balaban J connectivity index is 1.32. The molecule has 8 aromatic rings. The Hall–Kier alpha value is -5.78. The number of fused-ring (bicyclic) bond motifs is 5. The van der Waals surface area contributed by atoms with Crippen molar-refractivity contribution < 1.29 is 0 Å². The van der Waals surface area contributed by atoms with Crippen LogP contribution in [0.15, 0.2) is 168 Å². The Morgan fingerprint density at radius 2 is 1.40 bits per heavy atom. The average molecular weight is 710 g/mol. The average Bonchev–Trinajstić information content (AvgIpc) is 3.52. The zero-order chi connectivity index (χ0) is 33.6. The normalized spacial score (nSPS) is 14.2. The lowest BCUT2D eigenvalue weighted by Crippen LogP contribution is -2.30. The van der Waals surface area contributed by atoms with Gasteiger partial charge in [-0.15, -0.1) is 0 Å². The van der Waals surface area contributed by atoms with Crippen molar-refractivity contribution in [3.05, 3.63) is 174 Å². The standard InChI is InChI=1S/C45H33BrN4/c1-30-39(49(35-17-9-4-10-18-35)36-25-23-34(46)24-26-36)27-21-32-22-28-41-44(43(30)32)37-19-11-12-20-40(37)50(41)42-29-38(31-13-5-2-6-14-31)47-45(48-42)33-15-7-3-8-16-33/h2-17,19-29,35H,18H2,1H3. The van der Waals surface area contributed by atoms with E-state index in [0.29, 0.717) is 5.82 Å². The highest BCUT2D eigenvalue weighted by Gasteiger charge is 2.24. The fourth-order valence-electron chi connectivity index (χ4n) is 7.44. The lowest BCUT2D eigenvalue weighted by molar-refractivity contribution is 0.783. The Morgan fingerprint density at radius 3 is 2.16 bits per heavy atom. The molecule has 2 heterocycles. The van der Waals surface area contributed by atoms with Crippen molar-refractivity contribution >= 4 is 59.9 Å². The molecule has 9 rings (SSSR count). The maximum atomic E-state index is 5.25. The number of aryl methyl sites for hydroxylation is 1. The van der Waals surface area contributed by atoms with Gasteiger partial charge >= 0.3 is 0 Å². The summed E-state index contributed by atoms with van der Waals surface area (Å²) in [5.41, 5.74) is 8.77. The van der Waals surface area contributed by atoms with E-state index in [1.54, 1.807) is 0 Å². The number of nitrogens with zero attached hydrogens (tertiary/aromatic N) is 4. The van der Waals surface area contributed by atoms with E-state index in [2.05, 4.69) is 172 Å². The summed E-state index contributed by atoms with van der Waals surface area (Å²) >= 11 is 3.65. The van der Waals surface area contributed by atoms with Gasteiger partial charge in [-0.3, -0.25) is 4.57 Å². The third-order valence-corrected chi connectivity index (χ3v) is 10.3. The molecule has 50 heavy (non-hydrogen) atoms. The van der Waals surface area contributed by atoms with Crippen LogP contribution in [0, 0.1) is 6.92 Å². The number of allylic oxidation sites excluding steroid dienone is 2. The molecule has 5 heteroatoms. The highest BCUT2D eigenvalue weighted by molar-refractivity contribution is 9.10. The molecule has 0 saturated carbocycles. The van der Waals surface area contributed by atoms with Crippen LogP contribution in [0.5, 0.6) is 0 Å². The monoisotopic (exact) mass is 708 g/mol. The summed E-state index contributed by atoms with van der Waals surface area (Å²) in [6.45, 7) is 2.28. The maximum absolute atomic E-state index is 5.25. The number of aromatic nitrogens is 3. The van der Waals surface area contributed by atoms with E-state index in [1.165, 1.54) is 32.8 Å². The summed E-state index contributed by atoms with van der Waals surface area (Å²) in [5, 5.41) is 4.90. The van der Waals surface area contributed by atoms with Crippen LogP contribution in [0.1, 0.15) is 12.0 Å². The highest BCUT2D eigenvalue weighted by Crippen LogP contribution is 2.43. The molecule has 0 radical (unpaired) electrons. The molecule has 240 valence electrons. The fourth-order valence-corrected chi connectivity index (χ4v) is 7.71. The minimum absolute atomic E-state index is 0.201. The first-order valence-electron chi connectivity index (χ1n) is 17.0. The Kier molecular flexibility index (Phi) is 7.63. The maximum Gasteiger partial charge on any atom is 0.162 e. The van der Waals surface area contributed by atoms with E-state index in [9.17, 15) is 0 Å². The van der Waals surface area contributed by atoms with Crippen LogP contribution in [0.25, 0.3) is 61.0 Å².